The average Bonchev–Trinajstić information content (AvgIpc) is 2.78. The van der Waals surface area contributed by atoms with Crippen LogP contribution < -0.4 is 4.90 Å². The Labute approximate surface area is 175 Å². The molecule has 4 nitrogen and oxygen atoms in total. The van der Waals surface area contributed by atoms with E-state index in [4.69, 9.17) is 4.74 Å². The molecule has 1 aliphatic rings. The number of hydrogen-bond acceptors (Lipinski definition) is 4. The minimum Gasteiger partial charge on any atom is -0.378 e. The maximum Gasteiger partial charge on any atom is 0.138 e. The first-order valence-electron chi connectivity index (χ1n) is 10.9. The number of rotatable bonds is 11. The molecule has 0 unspecified atom stereocenters. The quantitative estimate of drug-likeness (QED) is 0.577. The molecule has 1 aliphatic heterocycles. The molecule has 0 N–H and O–H groups in total. The van der Waals surface area contributed by atoms with Gasteiger partial charge in [0.25, 0.3) is 0 Å². The standard InChI is InChI=1S/C25H34N2O2/c1-2-26(15-6-9-22-7-4-3-5-8-22)16-14-25(28)21-23-10-12-24(13-11-23)27-17-19-29-20-18-27/h3-5,7-8,10-13H,2,6,9,14-21H2,1H3. The Morgan fingerprint density at radius 3 is 2.38 bits per heavy atom. The van der Waals surface area contributed by atoms with Gasteiger partial charge in [0.05, 0.1) is 13.2 Å². The lowest BCUT2D eigenvalue weighted by molar-refractivity contribution is -0.118. The van der Waals surface area contributed by atoms with Crippen molar-refractivity contribution in [3.63, 3.8) is 0 Å². The Morgan fingerprint density at radius 1 is 0.966 bits per heavy atom. The van der Waals surface area contributed by atoms with Crippen molar-refractivity contribution in [1.82, 2.24) is 4.90 Å². The van der Waals surface area contributed by atoms with Crippen LogP contribution in [-0.2, 0) is 22.4 Å². The van der Waals surface area contributed by atoms with Crippen molar-refractivity contribution >= 4 is 11.5 Å². The molecule has 0 atom stereocenters. The second kappa shape index (κ2) is 11.7. The van der Waals surface area contributed by atoms with E-state index in [0.717, 1.165) is 64.3 Å². The minimum atomic E-state index is 0.325. The van der Waals surface area contributed by atoms with Crippen LogP contribution >= 0.6 is 0 Å². The number of anilines is 1. The molecule has 0 aromatic heterocycles. The van der Waals surface area contributed by atoms with Gasteiger partial charge in [0.15, 0.2) is 0 Å². The molecule has 0 aliphatic carbocycles. The molecule has 1 fully saturated rings. The maximum absolute atomic E-state index is 12.5. The summed E-state index contributed by atoms with van der Waals surface area (Å²) in [4.78, 5) is 17.2. The van der Waals surface area contributed by atoms with Gasteiger partial charge in [0, 0.05) is 38.2 Å². The molecule has 0 spiro atoms. The third-order valence-electron chi connectivity index (χ3n) is 5.65. The fourth-order valence-corrected chi connectivity index (χ4v) is 3.82. The van der Waals surface area contributed by atoms with Gasteiger partial charge in [-0.3, -0.25) is 4.79 Å². The van der Waals surface area contributed by atoms with Gasteiger partial charge in [-0.05, 0) is 49.2 Å². The number of morpholine rings is 1. The fraction of sp³-hybridized carbons (Fsp3) is 0.480. The monoisotopic (exact) mass is 394 g/mol. The van der Waals surface area contributed by atoms with Crippen molar-refractivity contribution in [2.45, 2.75) is 32.6 Å². The van der Waals surface area contributed by atoms with Crippen LogP contribution in [0.4, 0.5) is 5.69 Å². The predicted molar refractivity (Wildman–Crippen MR) is 120 cm³/mol. The van der Waals surface area contributed by atoms with E-state index in [2.05, 4.69) is 71.3 Å². The highest BCUT2D eigenvalue weighted by molar-refractivity contribution is 5.81. The number of aryl methyl sites for hydroxylation is 1. The third-order valence-corrected chi connectivity index (χ3v) is 5.65. The summed E-state index contributed by atoms with van der Waals surface area (Å²) in [6.07, 6.45) is 3.39. The second-order valence-corrected chi connectivity index (χ2v) is 7.75. The first kappa shape index (κ1) is 21.5. The Kier molecular flexibility index (Phi) is 8.72. The van der Waals surface area contributed by atoms with Crippen molar-refractivity contribution in [2.24, 2.45) is 0 Å². The van der Waals surface area contributed by atoms with Gasteiger partial charge in [0.1, 0.15) is 5.78 Å². The highest BCUT2D eigenvalue weighted by atomic mass is 16.5. The van der Waals surface area contributed by atoms with E-state index in [1.807, 2.05) is 0 Å². The van der Waals surface area contributed by atoms with Crippen LogP contribution in [0, 0.1) is 0 Å². The van der Waals surface area contributed by atoms with Crippen molar-refractivity contribution in [3.05, 3.63) is 65.7 Å². The number of carbonyl (C=O) groups is 1. The SMILES string of the molecule is CCN(CCCc1ccccc1)CCC(=O)Cc1ccc(N2CCOCC2)cc1. The number of ketones is 1. The fourth-order valence-electron chi connectivity index (χ4n) is 3.82. The molecule has 0 bridgehead atoms. The zero-order chi connectivity index (χ0) is 20.3. The van der Waals surface area contributed by atoms with E-state index in [-0.39, 0.29) is 0 Å². The van der Waals surface area contributed by atoms with E-state index in [1.165, 1.54) is 11.3 Å². The Balaban J connectivity index is 1.37. The van der Waals surface area contributed by atoms with Crippen LogP contribution in [0.25, 0.3) is 0 Å². The smallest absolute Gasteiger partial charge is 0.138 e. The molecule has 29 heavy (non-hydrogen) atoms. The van der Waals surface area contributed by atoms with E-state index >= 15 is 0 Å². The molecule has 2 aromatic carbocycles. The van der Waals surface area contributed by atoms with Crippen LogP contribution in [0.5, 0.6) is 0 Å². The van der Waals surface area contributed by atoms with Crippen LogP contribution in [-0.4, -0.2) is 56.6 Å². The second-order valence-electron chi connectivity index (χ2n) is 7.75. The average molecular weight is 395 g/mol. The highest BCUT2D eigenvalue weighted by Crippen LogP contribution is 2.17. The summed E-state index contributed by atoms with van der Waals surface area (Å²) in [5.41, 5.74) is 3.72. The lowest BCUT2D eigenvalue weighted by Crippen LogP contribution is -2.36. The summed E-state index contributed by atoms with van der Waals surface area (Å²) in [6, 6.07) is 19.1. The molecule has 0 saturated carbocycles. The maximum atomic E-state index is 12.5. The summed E-state index contributed by atoms with van der Waals surface area (Å²) >= 11 is 0. The lowest BCUT2D eigenvalue weighted by atomic mass is 10.1. The topological polar surface area (TPSA) is 32.8 Å². The molecule has 1 heterocycles. The Bertz CT molecular complexity index is 724. The van der Waals surface area contributed by atoms with Gasteiger partial charge >= 0.3 is 0 Å². The van der Waals surface area contributed by atoms with Crippen LogP contribution in [0.2, 0.25) is 0 Å². The molecule has 1 saturated heterocycles. The van der Waals surface area contributed by atoms with Gasteiger partial charge < -0.3 is 14.5 Å². The van der Waals surface area contributed by atoms with Crippen molar-refractivity contribution < 1.29 is 9.53 Å². The third kappa shape index (κ3) is 7.30. The number of nitrogens with zero attached hydrogens (tertiary/aromatic N) is 2. The molecular weight excluding hydrogens is 360 g/mol. The molecule has 0 radical (unpaired) electrons. The zero-order valence-corrected chi connectivity index (χ0v) is 17.7. The summed E-state index contributed by atoms with van der Waals surface area (Å²) < 4.78 is 5.41. The number of carbonyl (C=O) groups excluding carboxylic acids is 1. The first-order valence-corrected chi connectivity index (χ1v) is 10.9. The Morgan fingerprint density at radius 2 is 1.69 bits per heavy atom. The van der Waals surface area contributed by atoms with E-state index in [1.54, 1.807) is 0 Å². The van der Waals surface area contributed by atoms with Gasteiger partial charge in [-0.25, -0.2) is 0 Å². The van der Waals surface area contributed by atoms with Crippen molar-refractivity contribution in [1.29, 1.82) is 0 Å². The predicted octanol–water partition coefficient (Wildman–Crippen LogP) is 3.98. The van der Waals surface area contributed by atoms with E-state index in [0.29, 0.717) is 18.6 Å². The van der Waals surface area contributed by atoms with E-state index < -0.39 is 0 Å². The van der Waals surface area contributed by atoms with Crippen molar-refractivity contribution in [2.75, 3.05) is 50.8 Å². The molecule has 156 valence electrons. The molecule has 2 aromatic rings. The van der Waals surface area contributed by atoms with Crippen LogP contribution in [0.15, 0.2) is 54.6 Å². The number of ether oxygens (including phenoxy) is 1. The zero-order valence-electron chi connectivity index (χ0n) is 17.7. The number of Topliss-reactive ketones (excluding diaryl/α,β-unsaturated/α-hetero) is 1. The lowest BCUT2D eigenvalue weighted by Gasteiger charge is -2.28. The number of hydrogen-bond donors (Lipinski definition) is 0. The molecule has 0 amide bonds. The molecular formula is C25H34N2O2. The summed E-state index contributed by atoms with van der Waals surface area (Å²) in [5, 5.41) is 0. The highest BCUT2D eigenvalue weighted by Gasteiger charge is 2.12. The van der Waals surface area contributed by atoms with Crippen LogP contribution in [0.3, 0.4) is 0 Å². The summed E-state index contributed by atoms with van der Waals surface area (Å²) in [5.74, 6) is 0.325. The molecule has 3 rings (SSSR count). The first-order chi connectivity index (χ1) is 14.2. The van der Waals surface area contributed by atoms with Gasteiger partial charge in [-0.2, -0.15) is 0 Å². The van der Waals surface area contributed by atoms with Crippen molar-refractivity contribution in [3.8, 4) is 0 Å². The summed E-state index contributed by atoms with van der Waals surface area (Å²) in [6.45, 7) is 8.54. The largest absolute Gasteiger partial charge is 0.378 e. The van der Waals surface area contributed by atoms with E-state index in [9.17, 15) is 4.79 Å². The van der Waals surface area contributed by atoms with Crippen LogP contribution in [0.1, 0.15) is 30.9 Å². The van der Waals surface area contributed by atoms with Gasteiger partial charge in [-0.1, -0.05) is 49.4 Å². The molecule has 4 heteroatoms. The Hall–Kier alpha value is -2.17. The van der Waals surface area contributed by atoms with Gasteiger partial charge in [-0.15, -0.1) is 0 Å². The number of benzene rings is 2. The van der Waals surface area contributed by atoms with Gasteiger partial charge in [0.2, 0.25) is 0 Å². The summed E-state index contributed by atoms with van der Waals surface area (Å²) in [7, 11) is 0. The normalized spacial score (nSPS) is 14.3. The minimum absolute atomic E-state index is 0.325.